The second-order valence-corrected chi connectivity index (χ2v) is 4.88. The van der Waals surface area contributed by atoms with Crippen LogP contribution in [0.5, 0.6) is 5.75 Å². The van der Waals surface area contributed by atoms with E-state index in [-0.39, 0.29) is 0 Å². The monoisotopic (exact) mass is 281 g/mol. The van der Waals surface area contributed by atoms with E-state index < -0.39 is 5.97 Å². The zero-order valence-electron chi connectivity index (χ0n) is 11.8. The zero-order valence-corrected chi connectivity index (χ0v) is 11.8. The summed E-state index contributed by atoms with van der Waals surface area (Å²) < 4.78 is 7.05. The molecular weight excluding hydrogens is 266 g/mol. The molecule has 106 valence electrons. The van der Waals surface area contributed by atoms with Gasteiger partial charge in [0, 0.05) is 24.1 Å². The van der Waals surface area contributed by atoms with E-state index in [0.717, 1.165) is 22.2 Å². The van der Waals surface area contributed by atoms with Gasteiger partial charge in [-0.1, -0.05) is 18.2 Å². The molecule has 0 saturated carbocycles. The summed E-state index contributed by atoms with van der Waals surface area (Å²) in [4.78, 5) is 11.7. The van der Waals surface area contributed by atoms with E-state index >= 15 is 0 Å². The van der Waals surface area contributed by atoms with Gasteiger partial charge >= 0.3 is 5.97 Å². The summed E-state index contributed by atoms with van der Waals surface area (Å²) in [5, 5.41) is 10.3. The Morgan fingerprint density at radius 3 is 2.43 bits per heavy atom. The lowest BCUT2D eigenvalue weighted by molar-refractivity contribution is 0.0700. The lowest BCUT2D eigenvalue weighted by Gasteiger charge is -2.09. The molecule has 3 aromatic rings. The molecule has 0 bridgehead atoms. The van der Waals surface area contributed by atoms with Gasteiger partial charge in [-0.3, -0.25) is 0 Å². The number of aromatic carboxylic acids is 1. The molecule has 0 saturated heterocycles. The molecule has 0 atom stereocenters. The lowest BCUT2D eigenvalue weighted by atomic mass is 9.96. The molecule has 0 amide bonds. The fraction of sp³-hybridized carbons (Fsp3) is 0.118. The van der Waals surface area contributed by atoms with E-state index in [0.29, 0.717) is 11.1 Å². The predicted molar refractivity (Wildman–Crippen MR) is 81.9 cm³/mol. The van der Waals surface area contributed by atoms with Crippen LogP contribution in [0.1, 0.15) is 10.4 Å². The molecule has 1 N–H and O–H groups in total. The maximum Gasteiger partial charge on any atom is 0.337 e. The first-order valence-corrected chi connectivity index (χ1v) is 6.57. The number of aryl methyl sites for hydroxylation is 1. The molecule has 0 aliphatic rings. The standard InChI is InChI=1S/C17H15NO3/c1-18-10-9-14-15(18)8-7-13(16(14)17(19)20)11-3-5-12(21-2)6-4-11/h3-10H,1-2H3,(H,19,20). The lowest BCUT2D eigenvalue weighted by Crippen LogP contribution is -2.01. The largest absolute Gasteiger partial charge is 0.497 e. The molecule has 0 aliphatic carbocycles. The molecule has 0 unspecified atom stereocenters. The first-order chi connectivity index (χ1) is 10.1. The Balaban J connectivity index is 2.25. The molecule has 0 fully saturated rings. The molecule has 0 radical (unpaired) electrons. The zero-order chi connectivity index (χ0) is 15.0. The number of methoxy groups -OCH3 is 1. The Morgan fingerprint density at radius 2 is 1.81 bits per heavy atom. The Hall–Kier alpha value is -2.75. The van der Waals surface area contributed by atoms with Crippen LogP contribution in [0.25, 0.3) is 22.0 Å². The average Bonchev–Trinajstić information content (AvgIpc) is 2.88. The van der Waals surface area contributed by atoms with Gasteiger partial charge in [-0.2, -0.15) is 0 Å². The highest BCUT2D eigenvalue weighted by Gasteiger charge is 2.17. The smallest absolute Gasteiger partial charge is 0.337 e. The average molecular weight is 281 g/mol. The minimum absolute atomic E-state index is 0.332. The van der Waals surface area contributed by atoms with Crippen LogP contribution < -0.4 is 4.74 Å². The Bertz CT molecular complexity index is 816. The molecule has 0 spiro atoms. The molecule has 1 aromatic heterocycles. The summed E-state index contributed by atoms with van der Waals surface area (Å²) in [5.41, 5.74) is 2.81. The van der Waals surface area contributed by atoms with Crippen LogP contribution in [0.4, 0.5) is 0 Å². The van der Waals surface area contributed by atoms with Crippen LogP contribution in [0.3, 0.4) is 0 Å². The number of fused-ring (bicyclic) bond motifs is 1. The van der Waals surface area contributed by atoms with E-state index in [1.807, 2.05) is 60.3 Å². The van der Waals surface area contributed by atoms with Gasteiger partial charge < -0.3 is 14.4 Å². The van der Waals surface area contributed by atoms with Gasteiger partial charge in [0.1, 0.15) is 5.75 Å². The highest BCUT2D eigenvalue weighted by Crippen LogP contribution is 2.31. The van der Waals surface area contributed by atoms with Crippen LogP contribution in [0.15, 0.2) is 48.7 Å². The third kappa shape index (κ3) is 2.14. The maximum atomic E-state index is 11.7. The molecule has 4 heteroatoms. The van der Waals surface area contributed by atoms with Gasteiger partial charge in [-0.15, -0.1) is 0 Å². The number of nitrogens with zero attached hydrogens (tertiary/aromatic N) is 1. The molecule has 1 heterocycles. The SMILES string of the molecule is COc1ccc(-c2ccc3c(ccn3C)c2C(=O)O)cc1. The molecule has 3 rings (SSSR count). The Labute approximate surface area is 122 Å². The normalized spacial score (nSPS) is 10.8. The molecule has 2 aromatic carbocycles. The first kappa shape index (κ1) is 13.2. The second-order valence-electron chi connectivity index (χ2n) is 4.88. The van der Waals surface area contributed by atoms with Crippen molar-refractivity contribution in [2.45, 2.75) is 0 Å². The number of rotatable bonds is 3. The topological polar surface area (TPSA) is 51.5 Å². The number of carboxylic acid groups (broad SMARTS) is 1. The van der Waals surface area contributed by atoms with Gasteiger partial charge in [0.05, 0.1) is 12.7 Å². The Kier molecular flexibility index (Phi) is 3.14. The van der Waals surface area contributed by atoms with Crippen LogP contribution in [-0.4, -0.2) is 22.8 Å². The number of hydrogen-bond donors (Lipinski definition) is 1. The van der Waals surface area contributed by atoms with Crippen molar-refractivity contribution < 1.29 is 14.6 Å². The summed E-state index contributed by atoms with van der Waals surface area (Å²) in [5.74, 6) is -0.172. The predicted octanol–water partition coefficient (Wildman–Crippen LogP) is 3.55. The highest BCUT2D eigenvalue weighted by atomic mass is 16.5. The quantitative estimate of drug-likeness (QED) is 0.798. The summed E-state index contributed by atoms with van der Waals surface area (Å²) in [6, 6.07) is 13.0. The van der Waals surface area contributed by atoms with Crippen molar-refractivity contribution in [3.8, 4) is 16.9 Å². The van der Waals surface area contributed by atoms with Crippen molar-refractivity contribution in [3.05, 3.63) is 54.2 Å². The number of carboxylic acids is 1. The third-order valence-corrected chi connectivity index (χ3v) is 3.68. The third-order valence-electron chi connectivity index (χ3n) is 3.68. The number of carbonyl (C=O) groups is 1. The van der Waals surface area contributed by atoms with Crippen molar-refractivity contribution in [2.75, 3.05) is 7.11 Å². The van der Waals surface area contributed by atoms with Gasteiger partial charge in [-0.25, -0.2) is 4.79 Å². The van der Waals surface area contributed by atoms with Gasteiger partial charge in [0.2, 0.25) is 0 Å². The number of ether oxygens (including phenoxy) is 1. The minimum atomic E-state index is -0.919. The van der Waals surface area contributed by atoms with E-state index in [4.69, 9.17) is 4.74 Å². The summed E-state index contributed by atoms with van der Waals surface area (Å²) in [6.07, 6.45) is 1.87. The molecule has 4 nitrogen and oxygen atoms in total. The van der Waals surface area contributed by atoms with Crippen molar-refractivity contribution >= 4 is 16.9 Å². The fourth-order valence-corrected chi connectivity index (χ4v) is 2.59. The summed E-state index contributed by atoms with van der Waals surface area (Å²) in [7, 11) is 3.51. The van der Waals surface area contributed by atoms with Crippen molar-refractivity contribution in [1.82, 2.24) is 4.57 Å². The number of benzene rings is 2. The van der Waals surface area contributed by atoms with E-state index in [2.05, 4.69) is 0 Å². The molecule has 0 aliphatic heterocycles. The minimum Gasteiger partial charge on any atom is -0.497 e. The van der Waals surface area contributed by atoms with Crippen molar-refractivity contribution in [1.29, 1.82) is 0 Å². The summed E-state index contributed by atoms with van der Waals surface area (Å²) in [6.45, 7) is 0. The van der Waals surface area contributed by atoms with E-state index in [9.17, 15) is 9.90 Å². The highest BCUT2D eigenvalue weighted by molar-refractivity contribution is 6.09. The van der Waals surface area contributed by atoms with Crippen molar-refractivity contribution in [3.63, 3.8) is 0 Å². The van der Waals surface area contributed by atoms with Crippen LogP contribution in [0.2, 0.25) is 0 Å². The van der Waals surface area contributed by atoms with Crippen LogP contribution in [0, 0.1) is 0 Å². The first-order valence-electron chi connectivity index (χ1n) is 6.57. The second kappa shape index (κ2) is 4.98. The summed E-state index contributed by atoms with van der Waals surface area (Å²) >= 11 is 0. The van der Waals surface area contributed by atoms with E-state index in [1.54, 1.807) is 7.11 Å². The van der Waals surface area contributed by atoms with Crippen LogP contribution in [-0.2, 0) is 7.05 Å². The maximum absolute atomic E-state index is 11.7. The van der Waals surface area contributed by atoms with Gasteiger partial charge in [0.15, 0.2) is 0 Å². The van der Waals surface area contributed by atoms with Crippen LogP contribution >= 0.6 is 0 Å². The Morgan fingerprint density at radius 1 is 1.10 bits per heavy atom. The van der Waals surface area contributed by atoms with E-state index in [1.165, 1.54) is 0 Å². The van der Waals surface area contributed by atoms with Crippen molar-refractivity contribution in [2.24, 2.45) is 7.05 Å². The fourth-order valence-electron chi connectivity index (χ4n) is 2.59. The number of aromatic nitrogens is 1. The molecular formula is C17H15NO3. The van der Waals surface area contributed by atoms with Gasteiger partial charge in [-0.05, 0) is 35.4 Å². The van der Waals surface area contributed by atoms with Gasteiger partial charge in [0.25, 0.3) is 0 Å². The number of hydrogen-bond acceptors (Lipinski definition) is 2. The molecule has 21 heavy (non-hydrogen) atoms.